The molecule has 0 aromatic carbocycles. The van der Waals surface area contributed by atoms with Crippen molar-refractivity contribution in [3.05, 3.63) is 37.1 Å². The average molecular weight is 414 g/mol. The number of thioether (sulfide) groups is 1. The Bertz CT molecular complexity index is 944. The molecular weight excluding hydrogens is 390 g/mol. The van der Waals surface area contributed by atoms with Gasteiger partial charge in [-0.2, -0.15) is 0 Å². The normalized spacial score (nSPS) is 16.1. The van der Waals surface area contributed by atoms with Crippen LogP contribution in [0, 0.1) is 0 Å². The first-order chi connectivity index (χ1) is 14.2. The summed E-state index contributed by atoms with van der Waals surface area (Å²) >= 11 is 1.53. The molecule has 0 bridgehead atoms. The number of pyridine rings is 1. The maximum Gasteiger partial charge on any atom is 0.302 e. The van der Waals surface area contributed by atoms with Crippen LogP contribution in [0.5, 0.6) is 0 Å². The molecule has 152 valence electrons. The van der Waals surface area contributed by atoms with Gasteiger partial charge in [0.1, 0.15) is 28.8 Å². The molecule has 1 atom stereocenters. The third kappa shape index (κ3) is 5.01. The molecule has 0 radical (unpaired) electrons. The fraction of sp³-hybridized carbons (Fsp3) is 0.421. The number of H-pyrrole nitrogens is 1. The van der Waals surface area contributed by atoms with Crippen LogP contribution in [0.4, 0.5) is 5.82 Å². The summed E-state index contributed by atoms with van der Waals surface area (Å²) in [6.07, 6.45) is 4.72. The first-order valence-corrected chi connectivity index (χ1v) is 10.5. The van der Waals surface area contributed by atoms with E-state index in [2.05, 4.69) is 34.7 Å². The molecule has 1 unspecified atom stereocenters. The lowest BCUT2D eigenvalue weighted by Gasteiger charge is -2.36. The zero-order chi connectivity index (χ0) is 20.1. The van der Waals surface area contributed by atoms with E-state index in [1.165, 1.54) is 25.0 Å². The molecule has 3 aromatic heterocycles. The van der Waals surface area contributed by atoms with E-state index in [1.807, 2.05) is 24.4 Å². The Hall–Kier alpha value is -2.72. The summed E-state index contributed by atoms with van der Waals surface area (Å²) in [6.45, 7) is 5.74. The van der Waals surface area contributed by atoms with Gasteiger partial charge in [0, 0.05) is 51.6 Å². The Balaban J connectivity index is 1.34. The molecule has 10 heteroatoms. The molecule has 1 saturated heterocycles. The van der Waals surface area contributed by atoms with Crippen LogP contribution in [0.2, 0.25) is 0 Å². The maximum absolute atomic E-state index is 11.6. The Morgan fingerprint density at radius 2 is 2.07 bits per heavy atom. The second kappa shape index (κ2) is 9.19. The predicted molar refractivity (Wildman–Crippen MR) is 111 cm³/mol. The average Bonchev–Trinajstić information content (AvgIpc) is 3.22. The van der Waals surface area contributed by atoms with Gasteiger partial charge < -0.3 is 14.6 Å². The lowest BCUT2D eigenvalue weighted by atomic mass is 10.2. The van der Waals surface area contributed by atoms with Crippen LogP contribution < -0.4 is 4.90 Å². The van der Waals surface area contributed by atoms with Crippen molar-refractivity contribution in [3.63, 3.8) is 0 Å². The Labute approximate surface area is 172 Å². The van der Waals surface area contributed by atoms with Crippen molar-refractivity contribution in [2.45, 2.75) is 18.1 Å². The van der Waals surface area contributed by atoms with E-state index in [-0.39, 0.29) is 12.1 Å². The van der Waals surface area contributed by atoms with Crippen molar-refractivity contribution in [3.8, 4) is 0 Å². The molecule has 0 aliphatic carbocycles. The first-order valence-electron chi connectivity index (χ1n) is 9.51. The molecule has 0 amide bonds. The number of rotatable bonds is 7. The Morgan fingerprint density at radius 3 is 2.83 bits per heavy atom. The number of piperazine rings is 1. The molecule has 1 fully saturated rings. The van der Waals surface area contributed by atoms with Gasteiger partial charge in [-0.25, -0.2) is 19.9 Å². The SMILES string of the molecule is CC(=O)OC(CSc1ncnc2[nH]cnc12)CN1CCN(c2ccccn2)CC1. The second-order valence-corrected chi connectivity index (χ2v) is 7.81. The smallest absolute Gasteiger partial charge is 0.302 e. The number of hydrogen-bond donors (Lipinski definition) is 1. The van der Waals surface area contributed by atoms with Crippen LogP contribution in [0.3, 0.4) is 0 Å². The molecule has 0 spiro atoms. The van der Waals surface area contributed by atoms with Crippen molar-refractivity contribution in [2.24, 2.45) is 0 Å². The number of carbonyl (C=O) groups excluding carboxylic acids is 1. The van der Waals surface area contributed by atoms with Gasteiger partial charge in [-0.05, 0) is 12.1 Å². The molecule has 9 nitrogen and oxygen atoms in total. The number of ether oxygens (including phenoxy) is 1. The van der Waals surface area contributed by atoms with Crippen molar-refractivity contribution in [2.75, 3.05) is 43.4 Å². The number of anilines is 1. The molecule has 1 aliphatic rings. The number of hydrogen-bond acceptors (Lipinski definition) is 9. The summed E-state index contributed by atoms with van der Waals surface area (Å²) in [5.74, 6) is 1.35. The summed E-state index contributed by atoms with van der Waals surface area (Å²) < 4.78 is 5.58. The molecule has 0 saturated carbocycles. The number of nitrogens with one attached hydrogen (secondary N) is 1. The predicted octanol–water partition coefficient (Wildman–Crippen LogP) is 1.59. The van der Waals surface area contributed by atoms with Gasteiger partial charge in [0.2, 0.25) is 0 Å². The van der Waals surface area contributed by atoms with Crippen LogP contribution in [0.1, 0.15) is 6.92 Å². The van der Waals surface area contributed by atoms with Crippen molar-refractivity contribution < 1.29 is 9.53 Å². The van der Waals surface area contributed by atoms with Gasteiger partial charge in [-0.3, -0.25) is 9.69 Å². The number of carbonyl (C=O) groups is 1. The van der Waals surface area contributed by atoms with Gasteiger partial charge in [-0.1, -0.05) is 6.07 Å². The minimum absolute atomic E-state index is 0.220. The highest BCUT2D eigenvalue weighted by molar-refractivity contribution is 7.99. The number of nitrogens with zero attached hydrogens (tertiary/aromatic N) is 6. The highest BCUT2D eigenvalue weighted by Crippen LogP contribution is 2.23. The molecule has 4 rings (SSSR count). The van der Waals surface area contributed by atoms with E-state index >= 15 is 0 Å². The van der Waals surface area contributed by atoms with E-state index in [0.29, 0.717) is 17.9 Å². The third-order valence-corrected chi connectivity index (χ3v) is 5.84. The number of aromatic nitrogens is 5. The largest absolute Gasteiger partial charge is 0.460 e. The first kappa shape index (κ1) is 19.6. The van der Waals surface area contributed by atoms with Crippen LogP contribution in [-0.2, 0) is 9.53 Å². The summed E-state index contributed by atoms with van der Waals surface area (Å²) in [5.41, 5.74) is 1.44. The number of esters is 1. The van der Waals surface area contributed by atoms with Crippen molar-refractivity contribution in [1.82, 2.24) is 29.8 Å². The van der Waals surface area contributed by atoms with E-state index < -0.39 is 0 Å². The van der Waals surface area contributed by atoms with Crippen LogP contribution in [0.25, 0.3) is 11.2 Å². The topological polar surface area (TPSA) is 100 Å². The molecular formula is C19H23N7O2S. The second-order valence-electron chi connectivity index (χ2n) is 6.80. The van der Waals surface area contributed by atoms with Crippen LogP contribution in [0.15, 0.2) is 42.1 Å². The standard InChI is InChI=1S/C19H23N7O2S/c1-14(27)28-15(11-29-19-17-18(22-12-21-17)23-13-24-19)10-25-6-8-26(9-7-25)16-4-2-3-5-20-16/h2-5,12-13,15H,6-11H2,1H3,(H,21,22,23,24). The zero-order valence-corrected chi connectivity index (χ0v) is 17.0. The summed E-state index contributed by atoms with van der Waals surface area (Å²) in [5, 5.41) is 0.786. The molecule has 29 heavy (non-hydrogen) atoms. The van der Waals surface area contributed by atoms with Crippen molar-refractivity contribution >= 4 is 34.7 Å². The maximum atomic E-state index is 11.6. The Morgan fingerprint density at radius 1 is 1.21 bits per heavy atom. The summed E-state index contributed by atoms with van der Waals surface area (Å²) in [4.78, 5) is 36.4. The van der Waals surface area contributed by atoms with Gasteiger partial charge in [0.15, 0.2) is 5.65 Å². The fourth-order valence-electron chi connectivity index (χ4n) is 3.37. The third-order valence-electron chi connectivity index (χ3n) is 4.73. The number of aromatic amines is 1. The highest BCUT2D eigenvalue weighted by atomic mass is 32.2. The fourth-order valence-corrected chi connectivity index (χ4v) is 4.29. The number of fused-ring (bicyclic) bond motifs is 1. The monoisotopic (exact) mass is 413 g/mol. The molecule has 3 aromatic rings. The van der Waals surface area contributed by atoms with E-state index in [1.54, 1.807) is 6.33 Å². The molecule has 4 heterocycles. The molecule has 1 N–H and O–H groups in total. The zero-order valence-electron chi connectivity index (χ0n) is 16.2. The van der Waals surface area contributed by atoms with Crippen LogP contribution >= 0.6 is 11.8 Å². The van der Waals surface area contributed by atoms with E-state index in [4.69, 9.17) is 4.74 Å². The van der Waals surface area contributed by atoms with Crippen molar-refractivity contribution in [1.29, 1.82) is 0 Å². The van der Waals surface area contributed by atoms with Gasteiger partial charge in [0.05, 0.1) is 6.33 Å². The highest BCUT2D eigenvalue weighted by Gasteiger charge is 2.23. The van der Waals surface area contributed by atoms with E-state index in [0.717, 1.165) is 42.5 Å². The van der Waals surface area contributed by atoms with Crippen LogP contribution in [-0.4, -0.2) is 80.4 Å². The quantitative estimate of drug-likeness (QED) is 0.352. The van der Waals surface area contributed by atoms with Gasteiger partial charge >= 0.3 is 5.97 Å². The lowest BCUT2D eigenvalue weighted by Crippen LogP contribution is -2.49. The summed E-state index contributed by atoms with van der Waals surface area (Å²) in [6, 6.07) is 5.97. The van der Waals surface area contributed by atoms with E-state index in [9.17, 15) is 4.79 Å². The minimum atomic E-state index is -0.268. The lowest BCUT2D eigenvalue weighted by molar-refractivity contribution is -0.146. The molecule has 1 aliphatic heterocycles. The van der Waals surface area contributed by atoms with Gasteiger partial charge in [-0.15, -0.1) is 11.8 Å². The van der Waals surface area contributed by atoms with Gasteiger partial charge in [0.25, 0.3) is 0 Å². The number of imidazole rings is 1. The summed E-state index contributed by atoms with van der Waals surface area (Å²) in [7, 11) is 0. The Kier molecular flexibility index (Phi) is 6.20. The minimum Gasteiger partial charge on any atom is -0.460 e.